The van der Waals surface area contributed by atoms with Crippen LogP contribution in [0.25, 0.3) is 0 Å². The van der Waals surface area contributed by atoms with E-state index in [0.717, 1.165) is 5.56 Å². The smallest absolute Gasteiger partial charge is 0.387 e. The molecule has 38 heavy (non-hydrogen) atoms. The number of benzene rings is 2. The number of hydrogen-bond acceptors (Lipinski definition) is 5. The Morgan fingerprint density at radius 2 is 1.95 bits per heavy atom. The van der Waals surface area contributed by atoms with Crippen molar-refractivity contribution in [1.29, 1.82) is 0 Å². The number of β-amino-alcohol motifs (C(OH)–C–C–N with tert-alkyl or cyclic N) is 1. The lowest BCUT2D eigenvalue weighted by atomic mass is 9.75. The molecule has 1 amide bonds. The van der Waals surface area contributed by atoms with Crippen molar-refractivity contribution < 1.29 is 41.3 Å². The fourth-order valence-corrected chi connectivity index (χ4v) is 5.53. The molecule has 2 N–H and O–H groups in total. The van der Waals surface area contributed by atoms with Crippen LogP contribution in [0.4, 0.5) is 22.0 Å². The van der Waals surface area contributed by atoms with Gasteiger partial charge in [-0.1, -0.05) is 18.2 Å². The summed E-state index contributed by atoms with van der Waals surface area (Å²) >= 11 is 0. The molecular formula is C27H29F5N2O4. The van der Waals surface area contributed by atoms with Gasteiger partial charge in [-0.15, -0.1) is 0 Å². The van der Waals surface area contributed by atoms with Crippen LogP contribution in [0.15, 0.2) is 36.4 Å². The largest absolute Gasteiger partial charge is 0.434 e. The molecule has 11 heteroatoms. The Balaban J connectivity index is 1.27. The number of aliphatic hydroxyl groups excluding tert-OH is 1. The maximum atomic E-state index is 14.0. The molecule has 3 aliphatic rings. The molecular weight excluding hydrogens is 511 g/mol. The number of likely N-dealkylation sites (tertiary alicyclic amines) is 1. The number of nitrogens with one attached hydrogen (secondary N) is 1. The molecule has 0 bridgehead atoms. The number of halogens is 5. The lowest BCUT2D eigenvalue weighted by Gasteiger charge is -2.41. The van der Waals surface area contributed by atoms with Gasteiger partial charge in [-0.25, -0.2) is 4.39 Å². The number of ether oxygens (including phenoxy) is 2. The number of carbonyl (C=O) groups is 1. The predicted molar refractivity (Wildman–Crippen MR) is 127 cm³/mol. The third-order valence-corrected chi connectivity index (χ3v) is 7.72. The zero-order valence-electron chi connectivity index (χ0n) is 20.7. The maximum Gasteiger partial charge on any atom is 0.387 e. The summed E-state index contributed by atoms with van der Waals surface area (Å²) in [6, 6.07) is 8.23. The zero-order chi connectivity index (χ0) is 27.2. The van der Waals surface area contributed by atoms with Crippen molar-refractivity contribution >= 4 is 5.91 Å². The monoisotopic (exact) mass is 540 g/mol. The van der Waals surface area contributed by atoms with Crippen LogP contribution in [0.1, 0.15) is 64.3 Å². The van der Waals surface area contributed by atoms with Gasteiger partial charge in [0.05, 0.1) is 18.8 Å². The third kappa shape index (κ3) is 5.37. The highest BCUT2D eigenvalue weighted by molar-refractivity contribution is 5.94. The van der Waals surface area contributed by atoms with Crippen LogP contribution in [0.3, 0.4) is 0 Å². The molecule has 5 rings (SSSR count). The second kappa shape index (κ2) is 10.4. The van der Waals surface area contributed by atoms with Crippen LogP contribution in [-0.4, -0.2) is 60.5 Å². The van der Waals surface area contributed by atoms with E-state index in [1.165, 1.54) is 18.2 Å². The van der Waals surface area contributed by atoms with Gasteiger partial charge < -0.3 is 19.9 Å². The van der Waals surface area contributed by atoms with E-state index in [1.807, 2.05) is 4.90 Å². The number of amides is 1. The predicted octanol–water partition coefficient (Wildman–Crippen LogP) is 4.66. The first-order valence-corrected chi connectivity index (χ1v) is 12.6. The first-order valence-electron chi connectivity index (χ1n) is 12.6. The summed E-state index contributed by atoms with van der Waals surface area (Å²) in [5.41, 5.74) is 1.32. The Labute approximate surface area is 216 Å². The summed E-state index contributed by atoms with van der Waals surface area (Å²) in [6.07, 6.45) is -0.820. The number of alkyl halides is 5. The van der Waals surface area contributed by atoms with Gasteiger partial charge >= 0.3 is 6.61 Å². The number of hydrogen-bond donors (Lipinski definition) is 2. The van der Waals surface area contributed by atoms with E-state index in [0.29, 0.717) is 18.4 Å². The molecule has 2 aromatic carbocycles. The summed E-state index contributed by atoms with van der Waals surface area (Å²) in [4.78, 5) is 14.8. The van der Waals surface area contributed by atoms with Crippen molar-refractivity contribution in [1.82, 2.24) is 10.2 Å². The number of fused-ring (bicyclic) bond motifs is 1. The van der Waals surface area contributed by atoms with Crippen LogP contribution < -0.4 is 10.1 Å². The van der Waals surface area contributed by atoms with Crippen molar-refractivity contribution in [2.45, 2.75) is 69.2 Å². The van der Waals surface area contributed by atoms with E-state index in [9.17, 15) is 31.9 Å². The van der Waals surface area contributed by atoms with Crippen molar-refractivity contribution in [3.8, 4) is 5.75 Å². The van der Waals surface area contributed by atoms with Crippen LogP contribution in [0, 0.1) is 0 Å². The molecule has 1 aliphatic carbocycles. The molecule has 2 aliphatic heterocycles. The minimum absolute atomic E-state index is 0.0375. The highest BCUT2D eigenvalue weighted by Crippen LogP contribution is 2.43. The summed E-state index contributed by atoms with van der Waals surface area (Å²) < 4.78 is 77.9. The number of rotatable bonds is 7. The molecule has 2 aromatic rings. The van der Waals surface area contributed by atoms with Crippen LogP contribution in [-0.2, 0) is 17.3 Å². The summed E-state index contributed by atoms with van der Waals surface area (Å²) in [6.45, 7) is -1.73. The molecule has 6 nitrogen and oxygen atoms in total. The third-order valence-electron chi connectivity index (χ3n) is 7.72. The van der Waals surface area contributed by atoms with Crippen molar-refractivity contribution in [2.24, 2.45) is 0 Å². The SMILES string of the molecule is C[C@H](NC(=O)c1ccc2c(c1)COCC2(F)F)c1ccc(C2CC(N3C[C@@H](O)[C@@H](F)C3)C2)cc1OC(F)F. The van der Waals surface area contributed by atoms with Crippen molar-refractivity contribution in [3.05, 3.63) is 64.2 Å². The molecule has 0 unspecified atom stereocenters. The molecule has 1 saturated heterocycles. The van der Waals surface area contributed by atoms with Crippen LogP contribution in [0.5, 0.6) is 5.75 Å². The second-order valence-electron chi connectivity index (χ2n) is 10.3. The molecule has 0 aromatic heterocycles. The molecule has 1 saturated carbocycles. The standard InChI is InChI=1S/C27H29F5N2O4/c1-14(33-25(36)16-3-5-21-18(6-16)12-37-13-27(21,31)32)20-4-2-15(9-24(20)38-26(29)30)17-7-19(8-17)34-10-22(28)23(35)11-34/h2-6,9,14,17,19,22-23,26,35H,7-8,10-13H2,1H3,(H,33,36)/t14-,17?,19?,22-,23+/m0/s1. The Morgan fingerprint density at radius 1 is 1.18 bits per heavy atom. The molecule has 2 fully saturated rings. The van der Waals surface area contributed by atoms with E-state index < -0.39 is 43.4 Å². The fourth-order valence-electron chi connectivity index (χ4n) is 5.53. The minimum Gasteiger partial charge on any atom is -0.434 e. The van der Waals surface area contributed by atoms with Gasteiger partial charge in [0.15, 0.2) is 0 Å². The highest BCUT2D eigenvalue weighted by Gasteiger charge is 2.41. The molecule has 3 atom stereocenters. The molecule has 0 spiro atoms. The van der Waals surface area contributed by atoms with Gasteiger partial charge in [0.2, 0.25) is 0 Å². The number of aliphatic hydroxyl groups is 1. The minimum atomic E-state index is -3.13. The van der Waals surface area contributed by atoms with Crippen molar-refractivity contribution in [3.63, 3.8) is 0 Å². The Bertz CT molecular complexity index is 1180. The zero-order valence-corrected chi connectivity index (χ0v) is 20.7. The van der Waals surface area contributed by atoms with Crippen molar-refractivity contribution in [2.75, 3.05) is 19.7 Å². The van der Waals surface area contributed by atoms with E-state index in [1.54, 1.807) is 25.1 Å². The summed E-state index contributed by atoms with van der Waals surface area (Å²) in [5.74, 6) is -3.68. The van der Waals surface area contributed by atoms with Crippen LogP contribution in [0.2, 0.25) is 0 Å². The molecule has 2 heterocycles. The molecule has 206 valence electrons. The summed E-state index contributed by atoms with van der Waals surface area (Å²) in [5, 5.41) is 12.4. The highest BCUT2D eigenvalue weighted by atomic mass is 19.3. The summed E-state index contributed by atoms with van der Waals surface area (Å²) in [7, 11) is 0. The lowest BCUT2D eigenvalue weighted by molar-refractivity contribution is -0.103. The van der Waals surface area contributed by atoms with Gasteiger partial charge in [-0.05, 0) is 55.0 Å². The van der Waals surface area contributed by atoms with Gasteiger partial charge in [-0.2, -0.15) is 17.6 Å². The lowest BCUT2D eigenvalue weighted by Crippen LogP contribution is -2.43. The Morgan fingerprint density at radius 3 is 2.63 bits per heavy atom. The quantitative estimate of drug-likeness (QED) is 0.500. The van der Waals surface area contributed by atoms with E-state index in [4.69, 9.17) is 9.47 Å². The fraction of sp³-hybridized carbons (Fsp3) is 0.519. The second-order valence-corrected chi connectivity index (χ2v) is 10.3. The van der Waals surface area contributed by atoms with Gasteiger partial charge in [0.1, 0.15) is 18.5 Å². The Hall–Kier alpha value is -2.76. The number of carbonyl (C=O) groups excluding carboxylic acids is 1. The first-order chi connectivity index (χ1) is 18.0. The molecule has 0 radical (unpaired) electrons. The maximum absolute atomic E-state index is 14.0. The van der Waals surface area contributed by atoms with Gasteiger partial charge in [0.25, 0.3) is 11.8 Å². The average molecular weight is 541 g/mol. The average Bonchev–Trinajstić information content (AvgIpc) is 3.14. The van der Waals surface area contributed by atoms with Crippen LogP contribution >= 0.6 is 0 Å². The van der Waals surface area contributed by atoms with E-state index in [2.05, 4.69) is 5.32 Å². The Kier molecular flexibility index (Phi) is 7.36. The number of nitrogens with zero attached hydrogens (tertiary/aromatic N) is 1. The van der Waals surface area contributed by atoms with E-state index in [-0.39, 0.29) is 54.1 Å². The first kappa shape index (κ1) is 26.8. The normalized spacial score (nSPS) is 27.5. The van der Waals surface area contributed by atoms with Gasteiger partial charge in [0, 0.05) is 35.8 Å². The van der Waals surface area contributed by atoms with E-state index >= 15 is 0 Å². The van der Waals surface area contributed by atoms with Gasteiger partial charge in [-0.3, -0.25) is 9.69 Å². The topological polar surface area (TPSA) is 71.0 Å².